The predicted octanol–water partition coefficient (Wildman–Crippen LogP) is 15.5. The van der Waals surface area contributed by atoms with Crippen LogP contribution < -0.4 is 0 Å². The second-order valence-corrected chi connectivity index (χ2v) is 16.6. The summed E-state index contributed by atoms with van der Waals surface area (Å²) < 4.78 is 3.64. The molecule has 59 heavy (non-hydrogen) atoms. The van der Waals surface area contributed by atoms with Gasteiger partial charge in [0.05, 0.1) is 16.4 Å². The lowest BCUT2D eigenvalue weighted by Gasteiger charge is -2.33. The van der Waals surface area contributed by atoms with Crippen LogP contribution in [0.2, 0.25) is 0 Å². The van der Waals surface area contributed by atoms with Crippen molar-refractivity contribution in [2.75, 3.05) is 0 Å². The Morgan fingerprint density at radius 2 is 0.949 bits per heavy atom. The Labute approximate surface area is 351 Å². The van der Waals surface area contributed by atoms with Gasteiger partial charge in [-0.15, -0.1) is 0 Å². The van der Waals surface area contributed by atoms with Crippen molar-refractivity contribution in [1.29, 1.82) is 0 Å². The van der Waals surface area contributed by atoms with E-state index in [1.165, 1.54) is 99.0 Å². The number of hydrogen-bond acceptors (Lipinski definition) is 0. The highest BCUT2D eigenvalue weighted by atomic mass is 79.9. The van der Waals surface area contributed by atoms with Gasteiger partial charge in [0.25, 0.3) is 0 Å². The molecule has 10 aromatic carbocycles. The summed E-state index contributed by atoms with van der Waals surface area (Å²) in [5.74, 6) is 0. The fourth-order valence-electron chi connectivity index (χ4n) is 10.2. The van der Waals surface area contributed by atoms with E-state index in [0.29, 0.717) is 0 Å². The van der Waals surface area contributed by atoms with Crippen LogP contribution in [0.5, 0.6) is 0 Å². The molecule has 2 heteroatoms. The van der Waals surface area contributed by atoms with Crippen molar-refractivity contribution < 1.29 is 0 Å². The third kappa shape index (κ3) is 4.97. The third-order valence-corrected chi connectivity index (χ3v) is 13.4. The van der Waals surface area contributed by atoms with Crippen molar-refractivity contribution in [2.45, 2.75) is 5.41 Å². The molecule has 0 saturated heterocycles. The van der Waals surface area contributed by atoms with Crippen LogP contribution in [0.4, 0.5) is 0 Å². The molecule has 0 aliphatic heterocycles. The van der Waals surface area contributed by atoms with Crippen LogP contribution in [0, 0.1) is 0 Å². The topological polar surface area (TPSA) is 4.93 Å². The molecule has 0 amide bonds. The summed E-state index contributed by atoms with van der Waals surface area (Å²) in [4.78, 5) is 0. The van der Waals surface area contributed by atoms with Crippen LogP contribution in [0.25, 0.3) is 82.4 Å². The summed E-state index contributed by atoms with van der Waals surface area (Å²) in [6.07, 6.45) is 0. The second kappa shape index (κ2) is 13.3. The summed E-state index contributed by atoms with van der Waals surface area (Å²) in [6.45, 7) is 0. The van der Waals surface area contributed by atoms with Gasteiger partial charge in [-0.05, 0) is 96.1 Å². The number of benzene rings is 10. The maximum atomic E-state index is 3.77. The molecule has 0 unspecified atom stereocenters. The van der Waals surface area contributed by atoms with E-state index in [1.54, 1.807) is 0 Å². The maximum absolute atomic E-state index is 3.77. The number of fused-ring (bicyclic) bond motifs is 10. The Hall–Kier alpha value is -7.00. The van der Waals surface area contributed by atoms with Gasteiger partial charge in [0.1, 0.15) is 0 Å². The summed E-state index contributed by atoms with van der Waals surface area (Å²) in [5, 5.41) is 7.52. The van der Waals surface area contributed by atoms with Crippen LogP contribution >= 0.6 is 15.9 Å². The van der Waals surface area contributed by atoms with E-state index in [-0.39, 0.29) is 0 Å². The Balaban J connectivity index is 1.17. The lowest BCUT2D eigenvalue weighted by molar-refractivity contribution is 0.768. The minimum atomic E-state index is -0.453. The lowest BCUT2D eigenvalue weighted by atomic mass is 9.68. The SMILES string of the molecule is Brc1ccccc1-c1ccc(-c2cc3c(c4ccccc24)c2ccc4ccccc4c2n3-c2ccc3c(c2)-c2ccccc2C3(c2ccccc2)c2ccccc2)cc1. The first kappa shape index (κ1) is 34.1. The second-order valence-electron chi connectivity index (χ2n) is 15.7. The number of hydrogen-bond donors (Lipinski definition) is 0. The molecule has 1 aliphatic carbocycles. The lowest BCUT2D eigenvalue weighted by Crippen LogP contribution is -2.28. The van der Waals surface area contributed by atoms with Crippen molar-refractivity contribution in [1.82, 2.24) is 4.57 Å². The van der Waals surface area contributed by atoms with Crippen molar-refractivity contribution >= 4 is 59.3 Å². The van der Waals surface area contributed by atoms with E-state index in [0.717, 1.165) is 10.2 Å². The number of halogens is 1. The van der Waals surface area contributed by atoms with Crippen LogP contribution in [-0.2, 0) is 5.41 Å². The van der Waals surface area contributed by atoms with E-state index in [4.69, 9.17) is 0 Å². The fraction of sp³-hybridized carbons (Fsp3) is 0.0175. The summed E-state index contributed by atoms with van der Waals surface area (Å²) >= 11 is 3.77. The average Bonchev–Trinajstić information content (AvgIpc) is 3.80. The van der Waals surface area contributed by atoms with E-state index in [1.807, 2.05) is 0 Å². The predicted molar refractivity (Wildman–Crippen MR) is 252 cm³/mol. The normalized spacial score (nSPS) is 13.0. The van der Waals surface area contributed by atoms with Gasteiger partial charge in [0.15, 0.2) is 0 Å². The first-order valence-corrected chi connectivity index (χ1v) is 21.1. The van der Waals surface area contributed by atoms with Gasteiger partial charge in [0, 0.05) is 26.3 Å². The van der Waals surface area contributed by atoms with Gasteiger partial charge in [-0.3, -0.25) is 0 Å². The average molecular weight is 815 g/mol. The highest BCUT2D eigenvalue weighted by Gasteiger charge is 2.46. The third-order valence-electron chi connectivity index (χ3n) is 12.7. The standard InChI is InChI=1S/C57H36BrN/c58-53-26-14-12-20-43(53)38-27-29-39(30-28-38)49-36-54-55(47-24-10-9-22-45(47)49)48-33-31-37-15-7-8-21-44(37)56(48)59(54)42-32-34-52-50(35-42)46-23-11-13-25-51(46)57(52,40-16-3-1-4-17-40)41-18-5-2-6-19-41/h1-36H. The summed E-state index contributed by atoms with van der Waals surface area (Å²) in [5.41, 5.74) is 15.6. The van der Waals surface area contributed by atoms with Gasteiger partial charge in [-0.1, -0.05) is 210 Å². The van der Waals surface area contributed by atoms with E-state index >= 15 is 0 Å². The van der Waals surface area contributed by atoms with Crippen molar-refractivity contribution in [3.8, 4) is 39.1 Å². The molecular weight excluding hydrogens is 779 g/mol. The molecule has 1 aliphatic rings. The van der Waals surface area contributed by atoms with Crippen LogP contribution in [0.1, 0.15) is 22.3 Å². The zero-order chi connectivity index (χ0) is 39.1. The van der Waals surface area contributed by atoms with Crippen molar-refractivity contribution in [2.24, 2.45) is 0 Å². The zero-order valence-electron chi connectivity index (χ0n) is 32.1. The Bertz CT molecular complexity index is 3390. The molecule has 0 saturated carbocycles. The molecule has 11 aromatic rings. The minimum Gasteiger partial charge on any atom is -0.309 e. The first-order chi connectivity index (χ1) is 29.2. The highest BCUT2D eigenvalue weighted by molar-refractivity contribution is 9.10. The smallest absolute Gasteiger partial charge is 0.0713 e. The molecule has 0 atom stereocenters. The number of aromatic nitrogens is 1. The molecule has 1 nitrogen and oxygen atoms in total. The Morgan fingerprint density at radius 3 is 1.68 bits per heavy atom. The summed E-state index contributed by atoms with van der Waals surface area (Å²) in [6, 6.07) is 80.8. The number of rotatable bonds is 5. The molecule has 1 heterocycles. The van der Waals surface area contributed by atoms with Gasteiger partial charge < -0.3 is 4.57 Å². The van der Waals surface area contributed by atoms with E-state index in [9.17, 15) is 0 Å². The van der Waals surface area contributed by atoms with Gasteiger partial charge >= 0.3 is 0 Å². The molecular formula is C57H36BrN. The molecule has 0 N–H and O–H groups in total. The van der Waals surface area contributed by atoms with Crippen LogP contribution in [0.3, 0.4) is 0 Å². The van der Waals surface area contributed by atoms with E-state index < -0.39 is 5.41 Å². The van der Waals surface area contributed by atoms with Gasteiger partial charge in [0.2, 0.25) is 0 Å². The largest absolute Gasteiger partial charge is 0.309 e. The maximum Gasteiger partial charge on any atom is 0.0713 e. The Kier molecular flexibility index (Phi) is 7.67. The monoisotopic (exact) mass is 813 g/mol. The molecule has 1 aromatic heterocycles. The van der Waals surface area contributed by atoms with Gasteiger partial charge in [-0.2, -0.15) is 0 Å². The van der Waals surface area contributed by atoms with Crippen LogP contribution in [-0.4, -0.2) is 4.57 Å². The molecule has 12 rings (SSSR count). The fourth-order valence-corrected chi connectivity index (χ4v) is 10.8. The zero-order valence-corrected chi connectivity index (χ0v) is 33.7. The van der Waals surface area contributed by atoms with Crippen LogP contribution in [0.15, 0.2) is 223 Å². The molecule has 0 spiro atoms. The first-order valence-electron chi connectivity index (χ1n) is 20.3. The quantitative estimate of drug-likeness (QED) is 0.163. The molecule has 0 bridgehead atoms. The molecule has 0 fully saturated rings. The number of nitrogens with zero attached hydrogens (tertiary/aromatic N) is 1. The van der Waals surface area contributed by atoms with Crippen molar-refractivity contribution in [3.63, 3.8) is 0 Å². The summed E-state index contributed by atoms with van der Waals surface area (Å²) in [7, 11) is 0. The van der Waals surface area contributed by atoms with Gasteiger partial charge in [-0.25, -0.2) is 0 Å². The Morgan fingerprint density at radius 1 is 0.373 bits per heavy atom. The molecule has 0 radical (unpaired) electrons. The highest BCUT2D eigenvalue weighted by Crippen LogP contribution is 2.57. The van der Waals surface area contributed by atoms with Crippen molar-refractivity contribution in [3.05, 3.63) is 245 Å². The van der Waals surface area contributed by atoms with E-state index in [2.05, 4.69) is 239 Å². The molecule has 276 valence electrons. The minimum absolute atomic E-state index is 0.453.